The molecule has 1 aromatic carbocycles. The van der Waals surface area contributed by atoms with Crippen molar-refractivity contribution in [3.8, 4) is 11.5 Å². The van der Waals surface area contributed by atoms with E-state index in [0.29, 0.717) is 10.6 Å². The summed E-state index contributed by atoms with van der Waals surface area (Å²) >= 11 is 1.36. The number of rotatable bonds is 7. The summed E-state index contributed by atoms with van der Waals surface area (Å²) in [6.07, 6.45) is -2.30. The summed E-state index contributed by atoms with van der Waals surface area (Å²) in [5, 5.41) is 40.9. The van der Waals surface area contributed by atoms with Crippen LogP contribution in [0.25, 0.3) is 12.2 Å². The molecular weight excluding hydrogens is 436 g/mol. The van der Waals surface area contributed by atoms with E-state index in [0.717, 1.165) is 11.8 Å². The summed E-state index contributed by atoms with van der Waals surface area (Å²) in [6, 6.07) is 8.08. The Kier molecular flexibility index (Phi) is 7.14. The first-order valence-electron chi connectivity index (χ1n) is 8.90. The highest BCUT2D eigenvalue weighted by atomic mass is 32.2. The van der Waals surface area contributed by atoms with Crippen LogP contribution in [0.15, 0.2) is 35.7 Å². The van der Waals surface area contributed by atoms with Crippen molar-refractivity contribution < 1.29 is 42.5 Å². The van der Waals surface area contributed by atoms with Gasteiger partial charge >= 0.3 is 10.1 Å². The molecule has 11 heteroatoms. The van der Waals surface area contributed by atoms with Crippen molar-refractivity contribution in [1.82, 2.24) is 0 Å². The summed E-state index contributed by atoms with van der Waals surface area (Å²) in [5.74, 6) is 0.593. The molecule has 0 aliphatic carbocycles. The van der Waals surface area contributed by atoms with Gasteiger partial charge in [-0.05, 0) is 35.2 Å². The first-order valence-corrected chi connectivity index (χ1v) is 11.6. The van der Waals surface area contributed by atoms with E-state index in [9.17, 15) is 28.8 Å². The van der Waals surface area contributed by atoms with Crippen LogP contribution < -0.4 is 8.92 Å². The lowest BCUT2D eigenvalue weighted by Gasteiger charge is -2.39. The van der Waals surface area contributed by atoms with Crippen LogP contribution in [-0.2, 0) is 14.9 Å². The van der Waals surface area contributed by atoms with Gasteiger partial charge in [0, 0.05) is 0 Å². The Balaban J connectivity index is 1.69. The zero-order chi connectivity index (χ0) is 21.9. The van der Waals surface area contributed by atoms with Gasteiger partial charge < -0.3 is 34.1 Å². The molecule has 0 amide bonds. The number of aliphatic hydroxyl groups excluding tert-OH is 4. The van der Waals surface area contributed by atoms with Crippen LogP contribution in [0.4, 0.5) is 0 Å². The van der Waals surface area contributed by atoms with Gasteiger partial charge in [-0.1, -0.05) is 18.2 Å². The Morgan fingerprint density at radius 1 is 1.07 bits per heavy atom. The van der Waals surface area contributed by atoms with E-state index < -0.39 is 47.4 Å². The summed E-state index contributed by atoms with van der Waals surface area (Å²) in [7, 11) is -3.59. The van der Waals surface area contributed by atoms with Gasteiger partial charge in [0.15, 0.2) is 0 Å². The third-order valence-electron chi connectivity index (χ3n) is 4.30. The lowest BCUT2D eigenvalue weighted by molar-refractivity contribution is -0.277. The van der Waals surface area contributed by atoms with Crippen molar-refractivity contribution in [2.24, 2.45) is 0 Å². The van der Waals surface area contributed by atoms with E-state index in [4.69, 9.17) is 13.7 Å². The maximum Gasteiger partial charge on any atom is 0.306 e. The molecule has 0 radical (unpaired) electrons. The third kappa shape index (κ3) is 5.58. The number of aliphatic hydroxyl groups is 4. The number of hydrogen-bond donors (Lipinski definition) is 4. The Morgan fingerprint density at radius 3 is 2.40 bits per heavy atom. The molecule has 30 heavy (non-hydrogen) atoms. The predicted octanol–water partition coefficient (Wildman–Crippen LogP) is 0.436. The van der Waals surface area contributed by atoms with E-state index in [-0.39, 0.29) is 5.75 Å². The molecule has 1 saturated heterocycles. The van der Waals surface area contributed by atoms with Crippen molar-refractivity contribution in [2.75, 3.05) is 12.9 Å². The van der Waals surface area contributed by atoms with Crippen LogP contribution >= 0.6 is 11.3 Å². The summed E-state index contributed by atoms with van der Waals surface area (Å²) < 4.78 is 38.1. The number of ether oxygens (including phenoxy) is 2. The van der Waals surface area contributed by atoms with Gasteiger partial charge in [0.25, 0.3) is 0 Å². The minimum atomic E-state index is -3.59. The molecule has 5 unspecified atom stereocenters. The van der Waals surface area contributed by atoms with Crippen molar-refractivity contribution in [1.29, 1.82) is 0 Å². The normalized spacial score (nSPS) is 27.3. The third-order valence-corrected chi connectivity index (χ3v) is 5.66. The number of hydrogen-bond acceptors (Lipinski definition) is 10. The van der Waals surface area contributed by atoms with Crippen molar-refractivity contribution in [3.05, 3.63) is 46.2 Å². The molecule has 164 valence electrons. The largest absolute Gasteiger partial charge is 0.460 e. The number of benzene rings is 1. The topological polar surface area (TPSA) is 143 Å². The van der Waals surface area contributed by atoms with Crippen LogP contribution in [0, 0.1) is 0 Å². The summed E-state index contributed by atoms with van der Waals surface area (Å²) in [5.41, 5.74) is 0.781. The molecule has 5 atom stereocenters. The van der Waals surface area contributed by atoms with Gasteiger partial charge in [0.05, 0.1) is 17.7 Å². The van der Waals surface area contributed by atoms with Crippen LogP contribution in [-0.4, -0.2) is 72.4 Å². The highest BCUT2D eigenvalue weighted by Crippen LogP contribution is 2.31. The van der Waals surface area contributed by atoms with Gasteiger partial charge in [0.1, 0.15) is 35.9 Å². The lowest BCUT2D eigenvalue weighted by atomic mass is 9.99. The van der Waals surface area contributed by atoms with E-state index >= 15 is 0 Å². The molecule has 9 nitrogen and oxygen atoms in total. The van der Waals surface area contributed by atoms with Crippen LogP contribution in [0.1, 0.15) is 10.4 Å². The smallest absolute Gasteiger partial charge is 0.306 e. The zero-order valence-corrected chi connectivity index (χ0v) is 17.5. The maximum absolute atomic E-state index is 11.1. The van der Waals surface area contributed by atoms with Crippen molar-refractivity contribution >= 4 is 33.6 Å². The Bertz CT molecular complexity index is 966. The van der Waals surface area contributed by atoms with E-state index in [2.05, 4.69) is 0 Å². The molecule has 1 aliphatic heterocycles. The first-order chi connectivity index (χ1) is 14.2. The fourth-order valence-corrected chi connectivity index (χ4v) is 3.98. The molecule has 0 saturated carbocycles. The molecule has 4 N–H and O–H groups in total. The fraction of sp³-hybridized carbons (Fsp3) is 0.368. The molecular formula is C19H22O9S2. The van der Waals surface area contributed by atoms with Gasteiger partial charge in [0.2, 0.25) is 6.29 Å². The second-order valence-corrected chi connectivity index (χ2v) is 9.18. The second kappa shape index (κ2) is 9.43. The molecule has 2 aromatic rings. The molecule has 1 aromatic heterocycles. The van der Waals surface area contributed by atoms with Crippen LogP contribution in [0.3, 0.4) is 0 Å². The molecule has 3 rings (SSSR count). The molecule has 1 aliphatic rings. The lowest BCUT2D eigenvalue weighted by Crippen LogP contribution is -2.60. The Hall–Kier alpha value is -1.99. The van der Waals surface area contributed by atoms with Gasteiger partial charge in [-0.25, -0.2) is 0 Å². The quantitative estimate of drug-likeness (QED) is 0.435. The monoisotopic (exact) mass is 458 g/mol. The predicted molar refractivity (Wildman–Crippen MR) is 110 cm³/mol. The standard InChI is InChI=1S/C19H22O9S2/c1-30(24,25)28-12-5-2-11(3-6-12)4-7-15-13(8-9-29-15)26-19-18(23)17(22)16(21)14(10-20)27-19/h2-9,14,16-23H,10H2,1H3/b7-4+. The Morgan fingerprint density at radius 2 is 1.77 bits per heavy atom. The van der Waals surface area contributed by atoms with Crippen LogP contribution in [0.2, 0.25) is 0 Å². The first kappa shape index (κ1) is 22.7. The van der Waals surface area contributed by atoms with E-state index in [1.54, 1.807) is 35.7 Å². The summed E-state index contributed by atoms with van der Waals surface area (Å²) in [4.78, 5) is 0.698. The average Bonchev–Trinajstić information content (AvgIpc) is 3.13. The van der Waals surface area contributed by atoms with Crippen LogP contribution in [0.5, 0.6) is 11.5 Å². The fourth-order valence-electron chi connectivity index (χ4n) is 2.80. The van der Waals surface area contributed by atoms with E-state index in [1.807, 2.05) is 0 Å². The minimum absolute atomic E-state index is 0.206. The molecule has 0 bridgehead atoms. The zero-order valence-electron chi connectivity index (χ0n) is 15.9. The SMILES string of the molecule is CS(=O)(=O)Oc1ccc(/C=C/c2sccc2OC2OC(CO)C(O)C(O)C2O)cc1. The van der Waals surface area contributed by atoms with Gasteiger partial charge in [-0.2, -0.15) is 8.42 Å². The van der Waals surface area contributed by atoms with Crippen molar-refractivity contribution in [2.45, 2.75) is 30.7 Å². The van der Waals surface area contributed by atoms with E-state index in [1.165, 1.54) is 23.5 Å². The highest BCUT2D eigenvalue weighted by Gasteiger charge is 2.44. The van der Waals surface area contributed by atoms with Gasteiger partial charge in [-0.15, -0.1) is 11.3 Å². The number of thiophene rings is 1. The molecule has 2 heterocycles. The maximum atomic E-state index is 11.1. The average molecular weight is 459 g/mol. The second-order valence-electron chi connectivity index (χ2n) is 6.65. The highest BCUT2D eigenvalue weighted by molar-refractivity contribution is 7.86. The van der Waals surface area contributed by atoms with Gasteiger partial charge in [-0.3, -0.25) is 0 Å². The Labute approximate surface area is 177 Å². The molecule has 0 spiro atoms. The van der Waals surface area contributed by atoms with Crippen molar-refractivity contribution in [3.63, 3.8) is 0 Å². The minimum Gasteiger partial charge on any atom is -0.460 e. The molecule has 1 fully saturated rings. The summed E-state index contributed by atoms with van der Waals surface area (Å²) in [6.45, 7) is -0.541.